The van der Waals surface area contributed by atoms with Gasteiger partial charge in [-0.05, 0) is 85.3 Å². The number of carbonyl (C=O) groups is 2. The lowest BCUT2D eigenvalue weighted by molar-refractivity contribution is 0.0319. The summed E-state index contributed by atoms with van der Waals surface area (Å²) >= 11 is 0. The van der Waals surface area contributed by atoms with Crippen LogP contribution in [0.1, 0.15) is 138 Å². The number of rotatable bonds is 23. The van der Waals surface area contributed by atoms with Gasteiger partial charge in [-0.2, -0.15) is 0 Å². The van der Waals surface area contributed by atoms with Crippen LogP contribution in [0.4, 0.5) is 13.2 Å². The highest BCUT2D eigenvalue weighted by molar-refractivity contribution is 5.93. The Balaban J connectivity index is 1.30. The zero-order valence-electron chi connectivity index (χ0n) is 32.1. The summed E-state index contributed by atoms with van der Waals surface area (Å²) in [6.07, 6.45) is 17.5. The molecule has 0 bridgehead atoms. The highest BCUT2D eigenvalue weighted by Gasteiger charge is 2.25. The van der Waals surface area contributed by atoms with Crippen molar-refractivity contribution in [1.82, 2.24) is 0 Å². The van der Waals surface area contributed by atoms with Crippen LogP contribution in [0.3, 0.4) is 0 Å². The summed E-state index contributed by atoms with van der Waals surface area (Å²) in [5.74, 6) is -5.79. The Morgan fingerprint density at radius 2 is 1.06 bits per heavy atom. The highest BCUT2D eigenvalue weighted by Crippen LogP contribution is 2.32. The molecule has 1 atom stereocenters. The molecule has 0 spiro atoms. The summed E-state index contributed by atoms with van der Waals surface area (Å²) in [6.45, 7) is 6.88. The van der Waals surface area contributed by atoms with Crippen LogP contribution in [-0.4, -0.2) is 24.6 Å². The average molecular weight is 745 g/mol. The first-order chi connectivity index (χ1) is 26.2. The average Bonchev–Trinajstić information content (AvgIpc) is 3.18. The van der Waals surface area contributed by atoms with E-state index in [0.717, 1.165) is 67.9 Å². The third-order valence-corrected chi connectivity index (χ3v) is 9.59. The van der Waals surface area contributed by atoms with Crippen LogP contribution in [0.5, 0.6) is 11.5 Å². The van der Waals surface area contributed by atoms with Crippen molar-refractivity contribution < 1.29 is 37.0 Å². The SMILES string of the molecule is CCCCCCCCCCCCOc1ccc(-c2ccc(-c3cc(C(=O)Oc4ccc(C(=O)O[C@@H](C)CCCCCC)cc4)c(F)c(F)c3F)cc2)cc1. The fourth-order valence-corrected chi connectivity index (χ4v) is 6.32. The molecule has 0 fully saturated rings. The second-order valence-corrected chi connectivity index (χ2v) is 14.0. The van der Waals surface area contributed by atoms with E-state index in [1.54, 1.807) is 24.3 Å². The smallest absolute Gasteiger partial charge is 0.346 e. The topological polar surface area (TPSA) is 61.8 Å². The van der Waals surface area contributed by atoms with Crippen LogP contribution in [0.25, 0.3) is 22.3 Å². The van der Waals surface area contributed by atoms with Crippen LogP contribution >= 0.6 is 0 Å². The monoisotopic (exact) mass is 744 g/mol. The van der Waals surface area contributed by atoms with Crippen molar-refractivity contribution in [3.05, 3.63) is 107 Å². The quantitative estimate of drug-likeness (QED) is 0.0327. The van der Waals surface area contributed by atoms with Crippen molar-refractivity contribution in [3.8, 4) is 33.8 Å². The van der Waals surface area contributed by atoms with Gasteiger partial charge in [0.1, 0.15) is 11.5 Å². The predicted molar refractivity (Wildman–Crippen MR) is 210 cm³/mol. The molecule has 8 heteroatoms. The van der Waals surface area contributed by atoms with Crippen LogP contribution < -0.4 is 9.47 Å². The first-order valence-electron chi connectivity index (χ1n) is 19.8. The van der Waals surface area contributed by atoms with E-state index in [1.807, 2.05) is 31.2 Å². The maximum atomic E-state index is 15.0. The van der Waals surface area contributed by atoms with Crippen LogP contribution in [0.2, 0.25) is 0 Å². The molecule has 0 amide bonds. The molecule has 0 aliphatic heterocycles. The Hall–Kier alpha value is -4.59. The molecule has 4 rings (SSSR count). The van der Waals surface area contributed by atoms with Gasteiger partial charge in [0, 0.05) is 5.56 Å². The summed E-state index contributed by atoms with van der Waals surface area (Å²) in [5.41, 5.74) is 1.19. The van der Waals surface area contributed by atoms with Gasteiger partial charge in [0.2, 0.25) is 0 Å². The first-order valence-corrected chi connectivity index (χ1v) is 19.8. The van der Waals surface area contributed by atoms with E-state index in [4.69, 9.17) is 14.2 Å². The number of unbranched alkanes of at least 4 members (excludes halogenated alkanes) is 12. The van der Waals surface area contributed by atoms with Crippen LogP contribution in [0, 0.1) is 17.5 Å². The van der Waals surface area contributed by atoms with E-state index >= 15 is 4.39 Å². The van der Waals surface area contributed by atoms with Crippen molar-refractivity contribution in [2.75, 3.05) is 6.61 Å². The van der Waals surface area contributed by atoms with Gasteiger partial charge in [0.15, 0.2) is 17.5 Å². The fraction of sp³-hybridized carbons (Fsp3) is 0.435. The lowest BCUT2D eigenvalue weighted by Gasteiger charge is -2.13. The summed E-state index contributed by atoms with van der Waals surface area (Å²) in [5, 5.41) is 0. The molecule has 0 unspecified atom stereocenters. The molecule has 5 nitrogen and oxygen atoms in total. The van der Waals surface area contributed by atoms with Crippen molar-refractivity contribution >= 4 is 11.9 Å². The molecule has 290 valence electrons. The number of ether oxygens (including phenoxy) is 3. The molecule has 0 aromatic heterocycles. The van der Waals surface area contributed by atoms with Gasteiger partial charge in [-0.3, -0.25) is 0 Å². The first kappa shape index (κ1) is 42.2. The lowest BCUT2D eigenvalue weighted by atomic mass is 9.98. The predicted octanol–water partition coefficient (Wildman–Crippen LogP) is 13.5. The van der Waals surface area contributed by atoms with Gasteiger partial charge < -0.3 is 14.2 Å². The maximum absolute atomic E-state index is 15.0. The number of hydrogen-bond acceptors (Lipinski definition) is 5. The Bertz CT molecular complexity index is 1740. The Morgan fingerprint density at radius 3 is 1.65 bits per heavy atom. The zero-order valence-corrected chi connectivity index (χ0v) is 32.1. The third-order valence-electron chi connectivity index (χ3n) is 9.59. The third kappa shape index (κ3) is 13.1. The maximum Gasteiger partial charge on any atom is 0.346 e. The molecule has 54 heavy (non-hydrogen) atoms. The van der Waals surface area contributed by atoms with Crippen LogP contribution in [-0.2, 0) is 4.74 Å². The molecular formula is C46H55F3O5. The van der Waals surface area contributed by atoms with Gasteiger partial charge in [0.05, 0.1) is 23.8 Å². The van der Waals surface area contributed by atoms with E-state index in [2.05, 4.69) is 13.8 Å². The second kappa shape index (κ2) is 22.6. The van der Waals surface area contributed by atoms with Crippen molar-refractivity contribution in [2.45, 2.75) is 123 Å². The molecule has 4 aromatic carbocycles. The Kier molecular flexibility index (Phi) is 17.6. The van der Waals surface area contributed by atoms with Gasteiger partial charge in [0.25, 0.3) is 0 Å². The second-order valence-electron chi connectivity index (χ2n) is 14.0. The highest BCUT2D eigenvalue weighted by atomic mass is 19.2. The molecule has 0 saturated carbocycles. The van der Waals surface area contributed by atoms with E-state index in [-0.39, 0.29) is 28.5 Å². The minimum absolute atomic E-state index is 0.00517. The molecule has 0 saturated heterocycles. The zero-order chi connectivity index (χ0) is 38.7. The van der Waals surface area contributed by atoms with Crippen molar-refractivity contribution in [3.63, 3.8) is 0 Å². The minimum atomic E-state index is -1.78. The Labute approximate surface area is 319 Å². The fourth-order valence-electron chi connectivity index (χ4n) is 6.32. The molecule has 0 radical (unpaired) electrons. The minimum Gasteiger partial charge on any atom is -0.494 e. The summed E-state index contributed by atoms with van der Waals surface area (Å²) in [4.78, 5) is 25.5. The molecule has 0 heterocycles. The molecule has 0 aliphatic carbocycles. The van der Waals surface area contributed by atoms with Gasteiger partial charge in [-0.25, -0.2) is 22.8 Å². The molecular weight excluding hydrogens is 689 g/mol. The number of carbonyl (C=O) groups excluding carboxylic acids is 2. The molecule has 0 N–H and O–H groups in total. The molecule has 0 aliphatic rings. The van der Waals surface area contributed by atoms with Gasteiger partial charge in [-0.15, -0.1) is 0 Å². The Morgan fingerprint density at radius 1 is 0.556 bits per heavy atom. The standard InChI is InChI=1S/C46H55F3O5/c1-4-6-8-10-11-12-13-14-15-17-31-52-38-27-23-35(24-28-38)34-19-21-36(22-20-34)40-32-41(43(48)44(49)42(40)47)46(51)54-39-29-25-37(26-30-39)45(50)53-33(3)18-16-9-7-5-2/h19-30,32-33H,4-18,31H2,1-3H3/t33-/m0/s1. The van der Waals surface area contributed by atoms with Gasteiger partial charge in [-0.1, -0.05) is 127 Å². The van der Waals surface area contributed by atoms with Crippen molar-refractivity contribution in [1.29, 1.82) is 0 Å². The van der Waals surface area contributed by atoms with Crippen LogP contribution in [0.15, 0.2) is 78.9 Å². The number of hydrogen-bond donors (Lipinski definition) is 0. The normalized spacial score (nSPS) is 11.7. The lowest BCUT2D eigenvalue weighted by Crippen LogP contribution is -2.15. The summed E-state index contributed by atoms with van der Waals surface area (Å²) in [7, 11) is 0. The van der Waals surface area contributed by atoms with E-state index in [1.165, 1.54) is 75.6 Å². The number of benzene rings is 4. The number of halogens is 3. The van der Waals surface area contributed by atoms with Gasteiger partial charge >= 0.3 is 11.9 Å². The van der Waals surface area contributed by atoms with E-state index < -0.39 is 35.0 Å². The van der Waals surface area contributed by atoms with E-state index in [9.17, 15) is 18.4 Å². The summed E-state index contributed by atoms with van der Waals surface area (Å²) < 4.78 is 61.4. The largest absolute Gasteiger partial charge is 0.494 e. The molecule has 4 aromatic rings. The number of esters is 2. The van der Waals surface area contributed by atoms with E-state index in [0.29, 0.717) is 6.61 Å². The summed E-state index contributed by atoms with van der Waals surface area (Å²) in [6, 6.07) is 20.8. The van der Waals surface area contributed by atoms with Crippen molar-refractivity contribution in [2.24, 2.45) is 0 Å².